The Morgan fingerprint density at radius 1 is 1.27 bits per heavy atom. The quantitative estimate of drug-likeness (QED) is 0.202. The van der Waals surface area contributed by atoms with Crippen LogP contribution in [-0.2, 0) is 17.9 Å². The molecule has 0 bridgehead atoms. The van der Waals surface area contributed by atoms with E-state index in [0.717, 1.165) is 29.9 Å². The molecule has 3 rings (SSSR count). The highest BCUT2D eigenvalue weighted by atomic mass is 79.9. The minimum atomic E-state index is -0.585. The summed E-state index contributed by atoms with van der Waals surface area (Å²) in [4.78, 5) is 22.1. The fraction of sp³-hybridized carbons (Fsp3) is 0.150. The van der Waals surface area contributed by atoms with Crippen LogP contribution in [0.5, 0.6) is 11.5 Å². The van der Waals surface area contributed by atoms with E-state index in [1.54, 1.807) is 19.2 Å². The number of nitrogens with one attached hydrogen (secondary N) is 1. The van der Waals surface area contributed by atoms with Gasteiger partial charge in [-0.15, -0.1) is 0 Å². The Balaban J connectivity index is 1.64. The number of hydrogen-bond donors (Lipinski definition) is 1. The average molecular weight is 646 g/mol. The second-order valence-electron chi connectivity index (χ2n) is 6.50. The molecule has 3 aromatic rings. The van der Waals surface area contributed by atoms with Crippen molar-refractivity contribution in [3.63, 3.8) is 0 Å². The van der Waals surface area contributed by atoms with Gasteiger partial charge in [-0.1, -0.05) is 15.9 Å². The van der Waals surface area contributed by atoms with Gasteiger partial charge < -0.3 is 9.47 Å². The Kier molecular flexibility index (Phi) is 8.58. The van der Waals surface area contributed by atoms with E-state index < -0.39 is 10.8 Å². The zero-order valence-corrected chi connectivity index (χ0v) is 21.8. The van der Waals surface area contributed by atoms with E-state index in [9.17, 15) is 14.9 Å². The molecule has 1 heterocycles. The number of nitro groups is 1. The SMILES string of the molecule is COc1ccc(C=NNC(=O)Cn2cc([N+](=O)[O-])cn2)cc1COc1c(Br)cc(Br)cc1Br. The molecule has 33 heavy (non-hydrogen) atoms. The molecule has 0 atom stereocenters. The highest BCUT2D eigenvalue weighted by molar-refractivity contribution is 9.11. The highest BCUT2D eigenvalue weighted by Gasteiger charge is 2.12. The van der Waals surface area contributed by atoms with Gasteiger partial charge in [0.2, 0.25) is 0 Å². The molecule has 172 valence electrons. The molecule has 1 aromatic heterocycles. The molecule has 0 spiro atoms. The number of hydrazone groups is 1. The monoisotopic (exact) mass is 643 g/mol. The molecule has 0 radical (unpaired) electrons. The molecular formula is C20H16Br3N5O5. The van der Waals surface area contributed by atoms with E-state index in [1.165, 1.54) is 12.4 Å². The van der Waals surface area contributed by atoms with Crippen LogP contribution in [0.25, 0.3) is 0 Å². The van der Waals surface area contributed by atoms with Crippen LogP contribution >= 0.6 is 47.8 Å². The van der Waals surface area contributed by atoms with Crippen molar-refractivity contribution in [3.05, 3.63) is 77.4 Å². The number of aromatic nitrogens is 2. The first kappa shape index (κ1) is 24.9. The maximum atomic E-state index is 12.0. The number of rotatable bonds is 9. The number of hydrogen-bond acceptors (Lipinski definition) is 7. The summed E-state index contributed by atoms with van der Waals surface area (Å²) in [6.07, 6.45) is 3.71. The summed E-state index contributed by atoms with van der Waals surface area (Å²) in [6, 6.07) is 9.14. The molecule has 0 fully saturated rings. The predicted octanol–water partition coefficient (Wildman–Crippen LogP) is 4.82. The van der Waals surface area contributed by atoms with Crippen molar-refractivity contribution < 1.29 is 19.2 Å². The number of amides is 1. The predicted molar refractivity (Wildman–Crippen MR) is 131 cm³/mol. The smallest absolute Gasteiger partial charge is 0.307 e. The summed E-state index contributed by atoms with van der Waals surface area (Å²) < 4.78 is 15.0. The van der Waals surface area contributed by atoms with Crippen molar-refractivity contribution in [1.29, 1.82) is 0 Å². The lowest BCUT2D eigenvalue weighted by molar-refractivity contribution is -0.385. The fourth-order valence-electron chi connectivity index (χ4n) is 2.70. The van der Waals surface area contributed by atoms with Crippen LogP contribution in [0.4, 0.5) is 5.69 Å². The first-order chi connectivity index (χ1) is 15.8. The second-order valence-corrected chi connectivity index (χ2v) is 9.13. The molecule has 0 saturated carbocycles. The third-order valence-electron chi connectivity index (χ3n) is 4.18. The molecule has 13 heteroatoms. The summed E-state index contributed by atoms with van der Waals surface area (Å²) in [5.41, 5.74) is 3.65. The van der Waals surface area contributed by atoms with Crippen molar-refractivity contribution in [2.75, 3.05) is 7.11 Å². The Morgan fingerprint density at radius 3 is 2.64 bits per heavy atom. The summed E-state index contributed by atoms with van der Waals surface area (Å²) >= 11 is 10.4. The largest absolute Gasteiger partial charge is 0.496 e. The first-order valence-corrected chi connectivity index (χ1v) is 11.6. The number of halogens is 3. The van der Waals surface area contributed by atoms with Gasteiger partial charge in [-0.05, 0) is 67.8 Å². The van der Waals surface area contributed by atoms with Gasteiger partial charge in [0.15, 0.2) is 0 Å². The number of carbonyl (C=O) groups excluding carboxylic acids is 1. The zero-order valence-electron chi connectivity index (χ0n) is 17.0. The third kappa shape index (κ3) is 6.85. The summed E-state index contributed by atoms with van der Waals surface area (Å²) in [5, 5.41) is 18.4. The van der Waals surface area contributed by atoms with Crippen molar-refractivity contribution in [1.82, 2.24) is 15.2 Å². The lowest BCUT2D eigenvalue weighted by atomic mass is 10.1. The fourth-order valence-corrected chi connectivity index (χ4v) is 5.19. The molecule has 0 unspecified atom stereocenters. The number of methoxy groups -OCH3 is 1. The van der Waals surface area contributed by atoms with Crippen molar-refractivity contribution >= 4 is 65.6 Å². The molecule has 1 N–H and O–H groups in total. The van der Waals surface area contributed by atoms with Crippen LogP contribution in [-0.4, -0.2) is 33.9 Å². The maximum absolute atomic E-state index is 12.0. The van der Waals surface area contributed by atoms with Gasteiger partial charge in [0.1, 0.15) is 37.0 Å². The van der Waals surface area contributed by atoms with Gasteiger partial charge in [-0.25, -0.2) is 5.43 Å². The van der Waals surface area contributed by atoms with Crippen LogP contribution in [0.15, 0.2) is 61.2 Å². The molecule has 0 saturated heterocycles. The molecule has 0 aliphatic carbocycles. The van der Waals surface area contributed by atoms with E-state index in [0.29, 0.717) is 17.1 Å². The van der Waals surface area contributed by atoms with Gasteiger partial charge in [-0.2, -0.15) is 10.2 Å². The van der Waals surface area contributed by atoms with Gasteiger partial charge >= 0.3 is 5.69 Å². The van der Waals surface area contributed by atoms with Crippen molar-refractivity contribution in [2.24, 2.45) is 5.10 Å². The molecule has 10 nitrogen and oxygen atoms in total. The standard InChI is InChI=1S/C20H16Br3N5O5/c1-32-18-3-2-12(4-13(18)11-33-20-16(22)5-14(21)6-17(20)23)7-24-26-19(29)10-27-9-15(8-25-27)28(30)31/h2-9H,10-11H2,1H3,(H,26,29). The van der Waals surface area contributed by atoms with Crippen LogP contribution in [0.2, 0.25) is 0 Å². The molecule has 1 amide bonds. The van der Waals surface area contributed by atoms with Crippen LogP contribution in [0.1, 0.15) is 11.1 Å². The summed E-state index contributed by atoms with van der Waals surface area (Å²) in [6.45, 7) is 0.0257. The minimum absolute atomic E-state index is 0.193. The zero-order chi connectivity index (χ0) is 24.0. The highest BCUT2D eigenvalue weighted by Crippen LogP contribution is 2.37. The van der Waals surface area contributed by atoms with Crippen LogP contribution < -0.4 is 14.9 Å². The lowest BCUT2D eigenvalue weighted by Gasteiger charge is -2.13. The normalized spacial score (nSPS) is 10.9. The maximum Gasteiger partial charge on any atom is 0.307 e. The van der Waals surface area contributed by atoms with E-state index in [2.05, 4.69) is 63.4 Å². The van der Waals surface area contributed by atoms with E-state index >= 15 is 0 Å². The number of benzene rings is 2. The number of carbonyl (C=O) groups is 1. The molecular weight excluding hydrogens is 630 g/mol. The second kappa shape index (κ2) is 11.4. The average Bonchev–Trinajstić information content (AvgIpc) is 3.22. The third-order valence-corrected chi connectivity index (χ3v) is 5.81. The molecule has 2 aromatic carbocycles. The van der Waals surface area contributed by atoms with Crippen LogP contribution in [0, 0.1) is 10.1 Å². The topological polar surface area (TPSA) is 121 Å². The van der Waals surface area contributed by atoms with Gasteiger partial charge in [0, 0.05) is 10.0 Å². The van der Waals surface area contributed by atoms with E-state index in [-0.39, 0.29) is 18.8 Å². The van der Waals surface area contributed by atoms with Gasteiger partial charge in [-0.3, -0.25) is 19.6 Å². The van der Waals surface area contributed by atoms with Crippen LogP contribution in [0.3, 0.4) is 0 Å². The van der Waals surface area contributed by atoms with Crippen molar-refractivity contribution in [2.45, 2.75) is 13.2 Å². The van der Waals surface area contributed by atoms with Gasteiger partial charge in [0.05, 0.1) is 27.2 Å². The van der Waals surface area contributed by atoms with E-state index in [4.69, 9.17) is 9.47 Å². The van der Waals surface area contributed by atoms with E-state index in [1.807, 2.05) is 18.2 Å². The lowest BCUT2D eigenvalue weighted by Crippen LogP contribution is -2.23. The van der Waals surface area contributed by atoms with Crippen molar-refractivity contribution in [3.8, 4) is 11.5 Å². The molecule has 0 aliphatic rings. The Labute approximate surface area is 213 Å². The minimum Gasteiger partial charge on any atom is -0.496 e. The Morgan fingerprint density at radius 2 is 2.00 bits per heavy atom. The number of ether oxygens (including phenoxy) is 2. The summed E-state index contributed by atoms with van der Waals surface area (Å²) in [5.74, 6) is 0.803. The van der Waals surface area contributed by atoms with Gasteiger partial charge in [0.25, 0.3) is 5.91 Å². The number of nitrogens with zero attached hydrogens (tertiary/aromatic N) is 4. The molecule has 0 aliphatic heterocycles. The summed E-state index contributed by atoms with van der Waals surface area (Å²) in [7, 11) is 1.57. The first-order valence-electron chi connectivity index (χ1n) is 9.20. The Hall–Kier alpha value is -2.77. The Bertz CT molecular complexity index is 1190.